The number of ether oxygens (including phenoxy) is 1. The number of carbonyl (C=O) groups excluding carboxylic acids is 1. The predicted octanol–water partition coefficient (Wildman–Crippen LogP) is 4.50. The van der Waals surface area contributed by atoms with Crippen molar-refractivity contribution in [1.82, 2.24) is 10.2 Å². The third kappa shape index (κ3) is 4.51. The number of methoxy groups -OCH3 is 1. The molecule has 0 aliphatic heterocycles. The molecule has 0 radical (unpaired) electrons. The molecule has 152 valence electrons. The number of nitrogens with one attached hydrogen (secondary N) is 1. The summed E-state index contributed by atoms with van der Waals surface area (Å²) in [5.74, 6) is 0.612. The average molecular weight is 392 g/mol. The van der Waals surface area contributed by atoms with Crippen LogP contribution in [0, 0.1) is 6.92 Å². The Hall–Kier alpha value is -3.05. The summed E-state index contributed by atoms with van der Waals surface area (Å²) in [4.78, 5) is 14.4. The molecule has 0 saturated carbocycles. The monoisotopic (exact) mass is 392 g/mol. The van der Waals surface area contributed by atoms with Gasteiger partial charge in [-0.05, 0) is 45.1 Å². The lowest BCUT2D eigenvalue weighted by molar-refractivity contribution is -0.116. The second-order valence-electron chi connectivity index (χ2n) is 7.40. The molecule has 0 spiro atoms. The van der Waals surface area contributed by atoms with Crippen molar-refractivity contribution >= 4 is 22.4 Å². The molecule has 5 nitrogen and oxygen atoms in total. The number of nitrogens with zero attached hydrogens (tertiary/aromatic N) is 1. The fourth-order valence-electron chi connectivity index (χ4n) is 3.44. The molecule has 0 bridgehead atoms. The molecular weight excluding hydrogens is 364 g/mol. The highest BCUT2D eigenvalue weighted by Gasteiger charge is 2.18. The average Bonchev–Trinajstić information content (AvgIpc) is 3.12. The van der Waals surface area contributed by atoms with Crippen molar-refractivity contribution in [3.63, 3.8) is 0 Å². The minimum atomic E-state index is -0.111. The number of amides is 1. The first-order chi connectivity index (χ1) is 13.9. The van der Waals surface area contributed by atoms with Crippen molar-refractivity contribution < 1.29 is 13.9 Å². The fraction of sp³-hybridized carbons (Fsp3) is 0.292. The van der Waals surface area contributed by atoms with Crippen LogP contribution >= 0.6 is 0 Å². The second kappa shape index (κ2) is 8.97. The molecule has 1 N–H and O–H groups in total. The largest absolute Gasteiger partial charge is 0.496 e. The summed E-state index contributed by atoms with van der Waals surface area (Å²) in [6.07, 6.45) is 3.41. The molecule has 1 amide bonds. The van der Waals surface area contributed by atoms with Crippen LogP contribution in [0.25, 0.3) is 27.7 Å². The Morgan fingerprint density at radius 2 is 1.97 bits per heavy atom. The molecule has 1 aromatic heterocycles. The van der Waals surface area contributed by atoms with E-state index in [-0.39, 0.29) is 5.91 Å². The van der Waals surface area contributed by atoms with Gasteiger partial charge >= 0.3 is 0 Å². The molecule has 0 fully saturated rings. The summed E-state index contributed by atoms with van der Waals surface area (Å²) in [6, 6.07) is 12.2. The number of hydrogen-bond acceptors (Lipinski definition) is 4. The fourth-order valence-corrected chi connectivity index (χ4v) is 3.44. The van der Waals surface area contributed by atoms with E-state index >= 15 is 0 Å². The molecule has 0 aliphatic carbocycles. The highest BCUT2D eigenvalue weighted by molar-refractivity contribution is 6.01. The first kappa shape index (κ1) is 20.7. The van der Waals surface area contributed by atoms with Crippen molar-refractivity contribution in [1.29, 1.82) is 0 Å². The third-order valence-electron chi connectivity index (χ3n) is 4.96. The molecule has 3 aromatic rings. The minimum absolute atomic E-state index is 0.111. The van der Waals surface area contributed by atoms with Crippen LogP contribution in [-0.2, 0) is 4.79 Å². The molecule has 0 unspecified atom stereocenters. The Labute approximate surface area is 172 Å². The lowest BCUT2D eigenvalue weighted by Gasteiger charge is -2.14. The maximum atomic E-state index is 12.3. The number of hydrogen-bond donors (Lipinski definition) is 1. The van der Waals surface area contributed by atoms with E-state index in [2.05, 4.69) is 17.4 Å². The normalized spacial score (nSPS) is 11.9. The summed E-state index contributed by atoms with van der Waals surface area (Å²) in [5, 5.41) is 3.92. The van der Waals surface area contributed by atoms with Crippen molar-refractivity contribution in [2.24, 2.45) is 0 Å². The van der Waals surface area contributed by atoms with Gasteiger partial charge in [0, 0.05) is 41.2 Å². The maximum Gasteiger partial charge on any atom is 0.244 e. The van der Waals surface area contributed by atoms with E-state index in [9.17, 15) is 4.79 Å². The molecule has 5 heteroatoms. The van der Waals surface area contributed by atoms with Crippen molar-refractivity contribution in [3.05, 3.63) is 59.9 Å². The van der Waals surface area contributed by atoms with Gasteiger partial charge < -0.3 is 19.4 Å². The zero-order chi connectivity index (χ0) is 21.0. The van der Waals surface area contributed by atoms with Crippen LogP contribution < -0.4 is 10.1 Å². The van der Waals surface area contributed by atoms with Crippen LogP contribution in [0.1, 0.15) is 18.1 Å². The van der Waals surface area contributed by atoms with E-state index in [1.54, 1.807) is 19.4 Å². The lowest BCUT2D eigenvalue weighted by atomic mass is 9.96. The minimum Gasteiger partial charge on any atom is -0.496 e. The third-order valence-corrected chi connectivity index (χ3v) is 4.96. The van der Waals surface area contributed by atoms with Gasteiger partial charge in [0.15, 0.2) is 0 Å². The number of rotatable bonds is 7. The standard InChI is InChI=1S/C24H28N2O3/c1-16(13-22(27)25-11-12-26(3)4)19-14-20-21(18-9-7-6-8-10-18)15-29-24(20)17(2)23(19)28-5/h6-10,13-15H,11-12H2,1-5H3,(H,25,27)/b16-13+. The Balaban J connectivity index is 2.02. The summed E-state index contributed by atoms with van der Waals surface area (Å²) >= 11 is 0. The van der Waals surface area contributed by atoms with Crippen LogP contribution in [0.4, 0.5) is 0 Å². The summed E-state index contributed by atoms with van der Waals surface area (Å²) in [6.45, 7) is 5.30. The molecule has 0 saturated heterocycles. The molecule has 3 rings (SSSR count). The highest BCUT2D eigenvalue weighted by Crippen LogP contribution is 2.40. The van der Waals surface area contributed by atoms with E-state index in [1.807, 2.05) is 57.1 Å². The number of likely N-dealkylation sites (N-methyl/N-ethyl adjacent to an activating group) is 1. The summed E-state index contributed by atoms with van der Waals surface area (Å²) in [7, 11) is 5.60. The molecule has 0 aliphatic rings. The molecule has 29 heavy (non-hydrogen) atoms. The first-order valence-corrected chi connectivity index (χ1v) is 9.67. The van der Waals surface area contributed by atoms with Crippen LogP contribution in [0.5, 0.6) is 5.75 Å². The van der Waals surface area contributed by atoms with E-state index < -0.39 is 0 Å². The topological polar surface area (TPSA) is 54.7 Å². The quantitative estimate of drug-likeness (QED) is 0.602. The highest BCUT2D eigenvalue weighted by atomic mass is 16.5. The van der Waals surface area contributed by atoms with Gasteiger partial charge in [-0.1, -0.05) is 30.3 Å². The van der Waals surface area contributed by atoms with Gasteiger partial charge in [-0.15, -0.1) is 0 Å². The smallest absolute Gasteiger partial charge is 0.244 e. The first-order valence-electron chi connectivity index (χ1n) is 9.67. The number of fused-ring (bicyclic) bond motifs is 1. The number of aryl methyl sites for hydroxylation is 1. The Morgan fingerprint density at radius 3 is 2.62 bits per heavy atom. The maximum absolute atomic E-state index is 12.3. The van der Waals surface area contributed by atoms with Crippen molar-refractivity contribution in [2.75, 3.05) is 34.3 Å². The number of allylic oxidation sites excluding steroid dienone is 1. The summed E-state index contributed by atoms with van der Waals surface area (Å²) < 4.78 is 11.6. The van der Waals surface area contributed by atoms with E-state index in [4.69, 9.17) is 9.15 Å². The van der Waals surface area contributed by atoms with Crippen LogP contribution in [0.15, 0.2) is 53.2 Å². The zero-order valence-electron chi connectivity index (χ0n) is 17.7. The van der Waals surface area contributed by atoms with Gasteiger partial charge in [-0.3, -0.25) is 4.79 Å². The van der Waals surface area contributed by atoms with E-state index in [1.165, 1.54) is 0 Å². The zero-order valence-corrected chi connectivity index (χ0v) is 17.7. The Bertz CT molecular complexity index is 1030. The lowest BCUT2D eigenvalue weighted by Crippen LogP contribution is -2.30. The van der Waals surface area contributed by atoms with E-state index in [0.717, 1.165) is 51.1 Å². The molecular formula is C24H28N2O3. The van der Waals surface area contributed by atoms with Gasteiger partial charge in [-0.25, -0.2) is 0 Å². The van der Waals surface area contributed by atoms with Gasteiger partial charge in [0.25, 0.3) is 0 Å². The molecule has 2 aromatic carbocycles. The van der Waals surface area contributed by atoms with Crippen LogP contribution in [-0.4, -0.2) is 45.1 Å². The van der Waals surface area contributed by atoms with Gasteiger partial charge in [0.1, 0.15) is 11.3 Å². The van der Waals surface area contributed by atoms with Gasteiger partial charge in [-0.2, -0.15) is 0 Å². The molecule has 0 atom stereocenters. The number of benzene rings is 2. The Kier molecular flexibility index (Phi) is 6.39. The second-order valence-corrected chi connectivity index (χ2v) is 7.40. The van der Waals surface area contributed by atoms with E-state index in [0.29, 0.717) is 6.54 Å². The number of furan rings is 1. The van der Waals surface area contributed by atoms with Gasteiger partial charge in [0.2, 0.25) is 5.91 Å². The number of carbonyl (C=O) groups is 1. The van der Waals surface area contributed by atoms with Gasteiger partial charge in [0.05, 0.1) is 13.4 Å². The molecule has 1 heterocycles. The van der Waals surface area contributed by atoms with Crippen LogP contribution in [0.2, 0.25) is 0 Å². The van der Waals surface area contributed by atoms with Crippen LogP contribution in [0.3, 0.4) is 0 Å². The van der Waals surface area contributed by atoms with Crippen molar-refractivity contribution in [3.8, 4) is 16.9 Å². The SMILES string of the molecule is COc1c(/C(C)=C/C(=O)NCCN(C)C)cc2c(-c3ccccc3)coc2c1C. The predicted molar refractivity (Wildman–Crippen MR) is 118 cm³/mol. The van der Waals surface area contributed by atoms with Crippen molar-refractivity contribution in [2.45, 2.75) is 13.8 Å². The Morgan fingerprint density at radius 1 is 1.24 bits per heavy atom. The summed E-state index contributed by atoms with van der Waals surface area (Å²) in [5.41, 5.74) is 5.56.